The molecule has 1 fully saturated rings. The Labute approximate surface area is 152 Å². The Kier molecular flexibility index (Phi) is 5.18. The van der Waals surface area contributed by atoms with Crippen molar-refractivity contribution in [3.63, 3.8) is 0 Å². The molecular weight excluding hydrogens is 334 g/mol. The van der Waals surface area contributed by atoms with Crippen molar-refractivity contribution in [2.45, 2.75) is 39.5 Å². The molecule has 0 radical (unpaired) electrons. The summed E-state index contributed by atoms with van der Waals surface area (Å²) in [4.78, 5) is 32.0. The highest BCUT2D eigenvalue weighted by Crippen LogP contribution is 2.33. The van der Waals surface area contributed by atoms with Crippen LogP contribution in [-0.4, -0.2) is 23.3 Å². The molecule has 2 amide bonds. The molecule has 25 heavy (non-hydrogen) atoms. The number of benzene rings is 1. The fourth-order valence-corrected chi connectivity index (χ4v) is 3.77. The molecule has 0 aliphatic carbocycles. The lowest BCUT2D eigenvalue weighted by atomic mass is 9.96. The highest BCUT2D eigenvalue weighted by atomic mass is 32.1. The first-order chi connectivity index (χ1) is 12.0. The van der Waals surface area contributed by atoms with E-state index in [2.05, 4.69) is 30.2 Å². The van der Waals surface area contributed by atoms with E-state index in [-0.39, 0.29) is 24.2 Å². The SMILES string of the molecule is CC[C@H](C)c1ccccc1N1C[C@@H](C(=O)Nc2ncc(C)s2)CC1=O. The van der Waals surface area contributed by atoms with Crippen LogP contribution in [0, 0.1) is 12.8 Å². The fraction of sp³-hybridized carbons (Fsp3) is 0.421. The van der Waals surface area contributed by atoms with Gasteiger partial charge in [-0.05, 0) is 30.9 Å². The number of thiazole rings is 1. The maximum absolute atomic E-state index is 12.5. The van der Waals surface area contributed by atoms with Gasteiger partial charge in [0.25, 0.3) is 0 Å². The van der Waals surface area contributed by atoms with Gasteiger partial charge in [-0.15, -0.1) is 11.3 Å². The van der Waals surface area contributed by atoms with E-state index < -0.39 is 0 Å². The van der Waals surface area contributed by atoms with Crippen molar-refractivity contribution < 1.29 is 9.59 Å². The molecular formula is C19H23N3O2S. The lowest BCUT2D eigenvalue weighted by Gasteiger charge is -2.23. The first-order valence-electron chi connectivity index (χ1n) is 8.62. The van der Waals surface area contributed by atoms with Crippen LogP contribution in [0.1, 0.15) is 43.0 Å². The summed E-state index contributed by atoms with van der Waals surface area (Å²) in [5.41, 5.74) is 2.09. The van der Waals surface area contributed by atoms with Crippen molar-refractivity contribution in [2.24, 2.45) is 5.92 Å². The number of nitrogens with zero attached hydrogens (tertiary/aromatic N) is 2. The smallest absolute Gasteiger partial charge is 0.231 e. The molecule has 0 unspecified atom stereocenters. The number of anilines is 2. The maximum Gasteiger partial charge on any atom is 0.231 e. The normalized spacial score (nSPS) is 18.4. The van der Waals surface area contributed by atoms with Crippen LogP contribution >= 0.6 is 11.3 Å². The van der Waals surface area contributed by atoms with Crippen LogP contribution in [0.2, 0.25) is 0 Å². The summed E-state index contributed by atoms with van der Waals surface area (Å²) in [6.07, 6.45) is 2.98. The average molecular weight is 357 g/mol. The van der Waals surface area contributed by atoms with Crippen molar-refractivity contribution in [2.75, 3.05) is 16.8 Å². The van der Waals surface area contributed by atoms with Crippen molar-refractivity contribution in [3.8, 4) is 0 Å². The van der Waals surface area contributed by atoms with Gasteiger partial charge in [0.2, 0.25) is 11.8 Å². The van der Waals surface area contributed by atoms with E-state index in [1.54, 1.807) is 11.1 Å². The monoisotopic (exact) mass is 357 g/mol. The van der Waals surface area contributed by atoms with E-state index >= 15 is 0 Å². The molecule has 1 saturated heterocycles. The molecule has 6 heteroatoms. The third kappa shape index (κ3) is 3.74. The zero-order valence-electron chi connectivity index (χ0n) is 14.8. The molecule has 1 N–H and O–H groups in total. The topological polar surface area (TPSA) is 62.3 Å². The molecule has 2 heterocycles. The highest BCUT2D eigenvalue weighted by molar-refractivity contribution is 7.15. The molecule has 1 aromatic carbocycles. The Hall–Kier alpha value is -2.21. The summed E-state index contributed by atoms with van der Waals surface area (Å²) < 4.78 is 0. The minimum Gasteiger partial charge on any atom is -0.311 e. The molecule has 0 spiro atoms. The van der Waals surface area contributed by atoms with Gasteiger partial charge >= 0.3 is 0 Å². The van der Waals surface area contributed by atoms with Gasteiger partial charge in [-0.3, -0.25) is 9.59 Å². The average Bonchev–Trinajstić information content (AvgIpc) is 3.19. The zero-order valence-corrected chi connectivity index (χ0v) is 15.6. The molecule has 2 atom stereocenters. The number of carbonyl (C=O) groups is 2. The summed E-state index contributed by atoms with van der Waals surface area (Å²) in [6, 6.07) is 7.99. The Morgan fingerprint density at radius 2 is 2.20 bits per heavy atom. The zero-order chi connectivity index (χ0) is 18.0. The number of aryl methyl sites for hydroxylation is 1. The number of nitrogens with one attached hydrogen (secondary N) is 1. The molecule has 1 aliphatic rings. The van der Waals surface area contributed by atoms with Gasteiger partial charge in [0.15, 0.2) is 5.13 Å². The maximum atomic E-state index is 12.5. The fourth-order valence-electron chi connectivity index (χ4n) is 3.11. The predicted octanol–water partition coefficient (Wildman–Crippen LogP) is 3.96. The van der Waals surface area contributed by atoms with E-state index in [4.69, 9.17) is 0 Å². The molecule has 2 aromatic rings. The number of amides is 2. The molecule has 0 saturated carbocycles. The molecule has 1 aliphatic heterocycles. The number of aromatic nitrogens is 1. The Morgan fingerprint density at radius 3 is 2.88 bits per heavy atom. The first kappa shape index (κ1) is 17.6. The minimum atomic E-state index is -0.346. The lowest BCUT2D eigenvalue weighted by molar-refractivity contribution is -0.122. The Balaban J connectivity index is 1.76. The van der Waals surface area contributed by atoms with E-state index in [0.29, 0.717) is 17.6 Å². The minimum absolute atomic E-state index is 0.00576. The predicted molar refractivity (Wildman–Crippen MR) is 101 cm³/mol. The second kappa shape index (κ2) is 7.35. The van der Waals surface area contributed by atoms with Crippen molar-refractivity contribution in [3.05, 3.63) is 40.9 Å². The summed E-state index contributed by atoms with van der Waals surface area (Å²) in [7, 11) is 0. The van der Waals surface area contributed by atoms with Gasteiger partial charge in [-0.2, -0.15) is 0 Å². The van der Waals surface area contributed by atoms with Crippen molar-refractivity contribution >= 4 is 34.0 Å². The van der Waals surface area contributed by atoms with E-state index in [1.165, 1.54) is 11.3 Å². The summed E-state index contributed by atoms with van der Waals surface area (Å²) >= 11 is 1.44. The summed E-state index contributed by atoms with van der Waals surface area (Å²) in [5, 5.41) is 3.43. The van der Waals surface area contributed by atoms with Crippen LogP contribution in [0.3, 0.4) is 0 Å². The Morgan fingerprint density at radius 1 is 1.44 bits per heavy atom. The molecule has 3 rings (SSSR count). The third-order valence-corrected chi connectivity index (χ3v) is 5.55. The first-order valence-corrected chi connectivity index (χ1v) is 9.43. The van der Waals surface area contributed by atoms with Gasteiger partial charge in [0, 0.05) is 29.7 Å². The number of hydrogen-bond acceptors (Lipinski definition) is 4. The molecule has 132 valence electrons. The second-order valence-electron chi connectivity index (χ2n) is 6.54. The van der Waals surface area contributed by atoms with Gasteiger partial charge in [-0.25, -0.2) is 4.98 Å². The van der Waals surface area contributed by atoms with Crippen LogP contribution in [0.4, 0.5) is 10.8 Å². The standard InChI is InChI=1S/C19H23N3O2S/c1-4-12(2)15-7-5-6-8-16(15)22-11-14(9-17(22)23)18(24)21-19-20-10-13(3)25-19/h5-8,10,12,14H,4,9,11H2,1-3H3,(H,20,21,24)/t12-,14-/m0/s1. The lowest BCUT2D eigenvalue weighted by Crippen LogP contribution is -2.29. The number of carbonyl (C=O) groups excluding carboxylic acids is 2. The Bertz CT molecular complexity index is 786. The van der Waals surface area contributed by atoms with E-state index in [0.717, 1.165) is 22.5 Å². The van der Waals surface area contributed by atoms with Crippen LogP contribution < -0.4 is 10.2 Å². The molecule has 0 bridgehead atoms. The van der Waals surface area contributed by atoms with Gasteiger partial charge in [-0.1, -0.05) is 32.0 Å². The van der Waals surface area contributed by atoms with Crippen molar-refractivity contribution in [1.82, 2.24) is 4.98 Å². The van der Waals surface area contributed by atoms with Crippen molar-refractivity contribution in [1.29, 1.82) is 0 Å². The summed E-state index contributed by atoms with van der Waals surface area (Å²) in [6.45, 7) is 6.66. The van der Waals surface area contributed by atoms with Gasteiger partial charge in [0.05, 0.1) is 5.92 Å². The number of hydrogen-bond donors (Lipinski definition) is 1. The quantitative estimate of drug-likeness (QED) is 0.881. The van der Waals surface area contributed by atoms with E-state index in [9.17, 15) is 9.59 Å². The van der Waals surface area contributed by atoms with Gasteiger partial charge < -0.3 is 10.2 Å². The second-order valence-corrected chi connectivity index (χ2v) is 7.77. The summed E-state index contributed by atoms with van der Waals surface area (Å²) in [5.74, 6) is -0.102. The third-order valence-electron chi connectivity index (χ3n) is 4.72. The van der Waals surface area contributed by atoms with Crippen LogP contribution in [-0.2, 0) is 9.59 Å². The number of para-hydroxylation sites is 1. The molecule has 5 nitrogen and oxygen atoms in total. The number of rotatable bonds is 5. The van der Waals surface area contributed by atoms with Crippen LogP contribution in [0.15, 0.2) is 30.5 Å². The van der Waals surface area contributed by atoms with Gasteiger partial charge in [0.1, 0.15) is 0 Å². The van der Waals surface area contributed by atoms with E-state index in [1.807, 2.05) is 25.1 Å². The van der Waals surface area contributed by atoms with Crippen LogP contribution in [0.25, 0.3) is 0 Å². The van der Waals surface area contributed by atoms with Crippen LogP contribution in [0.5, 0.6) is 0 Å². The highest BCUT2D eigenvalue weighted by Gasteiger charge is 2.36. The molecule has 1 aromatic heterocycles. The largest absolute Gasteiger partial charge is 0.311 e.